The number of sulfonamides is 1. The second kappa shape index (κ2) is 8.67. The summed E-state index contributed by atoms with van der Waals surface area (Å²) in [5.41, 5.74) is 0. The van der Waals surface area contributed by atoms with Crippen molar-refractivity contribution in [1.82, 2.24) is 14.2 Å². The van der Waals surface area contributed by atoms with Crippen molar-refractivity contribution in [2.75, 3.05) is 38.5 Å². The lowest BCUT2D eigenvalue weighted by molar-refractivity contribution is 0.222. The van der Waals surface area contributed by atoms with Crippen molar-refractivity contribution in [3.8, 4) is 0 Å². The molecule has 3 rings (SSSR count). The number of nitrogens with zero attached hydrogens (tertiary/aromatic N) is 3. The maximum Gasteiger partial charge on any atom is 0.244 e. The van der Waals surface area contributed by atoms with Crippen LogP contribution in [0.15, 0.2) is 23.2 Å². The highest BCUT2D eigenvalue weighted by Gasteiger charge is 2.27. The second-order valence-electron chi connectivity index (χ2n) is 7.86. The number of aromatic nitrogens is 1. The molecule has 2 fully saturated rings. The van der Waals surface area contributed by atoms with Crippen LogP contribution in [-0.4, -0.2) is 61.9 Å². The third kappa shape index (κ3) is 4.96. The molecule has 1 saturated carbocycles. The normalized spacial score (nSPS) is 21.8. The average molecular weight is 381 g/mol. The van der Waals surface area contributed by atoms with Crippen LogP contribution in [0.25, 0.3) is 0 Å². The van der Waals surface area contributed by atoms with Crippen molar-refractivity contribution in [3.63, 3.8) is 0 Å². The number of nitrogens with one attached hydrogen (secondary N) is 1. The maximum atomic E-state index is 12.7. The molecule has 7 heteroatoms. The average Bonchev–Trinajstić information content (AvgIpc) is 3.14. The molecule has 1 aliphatic heterocycles. The topological polar surface area (TPSA) is 65.5 Å². The minimum absolute atomic E-state index is 0.284. The molecule has 146 valence electrons. The van der Waals surface area contributed by atoms with Gasteiger partial charge in [0.25, 0.3) is 0 Å². The van der Waals surface area contributed by atoms with Gasteiger partial charge >= 0.3 is 0 Å². The predicted molar refractivity (Wildman–Crippen MR) is 105 cm³/mol. The van der Waals surface area contributed by atoms with Crippen LogP contribution in [0.1, 0.15) is 45.4 Å². The quantitative estimate of drug-likeness (QED) is 0.788. The molecule has 1 unspecified atom stereocenters. The Bertz CT molecular complexity index is 663. The number of anilines is 1. The van der Waals surface area contributed by atoms with Crippen molar-refractivity contribution in [1.29, 1.82) is 0 Å². The summed E-state index contributed by atoms with van der Waals surface area (Å²) in [5.74, 6) is 1.64. The van der Waals surface area contributed by atoms with Crippen LogP contribution in [0.5, 0.6) is 0 Å². The van der Waals surface area contributed by atoms with Gasteiger partial charge in [-0.15, -0.1) is 0 Å². The summed E-state index contributed by atoms with van der Waals surface area (Å²) >= 11 is 0. The van der Waals surface area contributed by atoms with E-state index in [0.717, 1.165) is 31.2 Å². The summed E-state index contributed by atoms with van der Waals surface area (Å²) in [4.78, 5) is 6.77. The molecule has 0 radical (unpaired) electrons. The van der Waals surface area contributed by atoms with E-state index in [1.807, 2.05) is 7.05 Å². The molecule has 26 heavy (non-hydrogen) atoms. The standard InChI is InChI=1S/C19H32N4O2S/c1-16(7-8-17-5-3-4-6-17)21-19-10-9-18(15-20-19)26(24,25)23-13-11-22(2)12-14-23/h9-10,15-17H,3-8,11-14H2,1-2H3,(H,20,21). The Balaban J connectivity index is 1.53. The van der Waals surface area contributed by atoms with Crippen LogP contribution in [0.3, 0.4) is 0 Å². The minimum atomic E-state index is -3.44. The molecule has 2 heterocycles. The third-order valence-corrected chi connectivity index (χ3v) is 7.60. The number of piperazine rings is 1. The Kier molecular flexibility index (Phi) is 6.53. The number of rotatable bonds is 7. The van der Waals surface area contributed by atoms with Gasteiger partial charge in [0.05, 0.1) is 0 Å². The summed E-state index contributed by atoms with van der Waals surface area (Å²) in [6.07, 6.45) is 9.42. The molecule has 0 amide bonds. The molecule has 0 aromatic carbocycles. The Morgan fingerprint density at radius 3 is 2.50 bits per heavy atom. The Morgan fingerprint density at radius 1 is 1.19 bits per heavy atom. The van der Waals surface area contributed by atoms with E-state index in [1.54, 1.807) is 16.4 Å². The van der Waals surface area contributed by atoms with E-state index in [0.29, 0.717) is 19.1 Å². The van der Waals surface area contributed by atoms with Crippen molar-refractivity contribution in [2.45, 2.75) is 56.4 Å². The summed E-state index contributed by atoms with van der Waals surface area (Å²) < 4.78 is 27.0. The first-order chi connectivity index (χ1) is 12.4. The van der Waals surface area contributed by atoms with E-state index < -0.39 is 10.0 Å². The predicted octanol–water partition coefficient (Wildman–Crippen LogP) is 2.79. The molecule has 1 atom stereocenters. The minimum Gasteiger partial charge on any atom is -0.368 e. The number of hydrogen-bond acceptors (Lipinski definition) is 5. The van der Waals surface area contributed by atoms with Crippen LogP contribution < -0.4 is 5.32 Å². The van der Waals surface area contributed by atoms with E-state index in [-0.39, 0.29) is 4.90 Å². The van der Waals surface area contributed by atoms with Crippen molar-refractivity contribution >= 4 is 15.8 Å². The molecule has 1 aliphatic carbocycles. The smallest absolute Gasteiger partial charge is 0.244 e. The summed E-state index contributed by atoms with van der Waals surface area (Å²) in [6.45, 7) is 4.79. The molecule has 1 N–H and O–H groups in total. The first kappa shape index (κ1) is 19.6. The van der Waals surface area contributed by atoms with Gasteiger partial charge in [-0.05, 0) is 44.9 Å². The number of hydrogen-bond donors (Lipinski definition) is 1. The van der Waals surface area contributed by atoms with Gasteiger partial charge in [0.15, 0.2) is 0 Å². The zero-order valence-electron chi connectivity index (χ0n) is 16.0. The van der Waals surface area contributed by atoms with E-state index in [9.17, 15) is 8.42 Å². The fraction of sp³-hybridized carbons (Fsp3) is 0.737. The monoisotopic (exact) mass is 380 g/mol. The zero-order valence-corrected chi connectivity index (χ0v) is 16.8. The largest absolute Gasteiger partial charge is 0.368 e. The maximum absolute atomic E-state index is 12.7. The zero-order chi connectivity index (χ0) is 18.6. The van der Waals surface area contributed by atoms with Gasteiger partial charge in [-0.2, -0.15) is 4.31 Å². The lowest BCUT2D eigenvalue weighted by Crippen LogP contribution is -2.47. The Labute approximate surface area is 158 Å². The van der Waals surface area contributed by atoms with Crippen LogP contribution in [0, 0.1) is 5.92 Å². The lowest BCUT2D eigenvalue weighted by atomic mass is 9.99. The first-order valence-corrected chi connectivity index (χ1v) is 11.3. The lowest BCUT2D eigenvalue weighted by Gasteiger charge is -2.31. The molecule has 2 aliphatic rings. The Morgan fingerprint density at radius 2 is 1.88 bits per heavy atom. The molecular formula is C19H32N4O2S. The molecule has 0 spiro atoms. The number of likely N-dealkylation sites (N-methyl/N-ethyl adjacent to an activating group) is 1. The van der Waals surface area contributed by atoms with Gasteiger partial charge in [-0.1, -0.05) is 25.7 Å². The van der Waals surface area contributed by atoms with E-state index in [2.05, 4.69) is 22.1 Å². The van der Waals surface area contributed by atoms with Gasteiger partial charge in [0.2, 0.25) is 10.0 Å². The van der Waals surface area contributed by atoms with Gasteiger partial charge in [-0.3, -0.25) is 0 Å². The summed E-state index contributed by atoms with van der Waals surface area (Å²) in [7, 11) is -1.42. The summed E-state index contributed by atoms with van der Waals surface area (Å²) in [5, 5.41) is 3.40. The van der Waals surface area contributed by atoms with Gasteiger partial charge in [0, 0.05) is 38.4 Å². The highest BCUT2D eigenvalue weighted by atomic mass is 32.2. The Hall–Kier alpha value is -1.18. The highest BCUT2D eigenvalue weighted by molar-refractivity contribution is 7.89. The van der Waals surface area contributed by atoms with Gasteiger partial charge < -0.3 is 10.2 Å². The molecule has 1 saturated heterocycles. The van der Waals surface area contributed by atoms with Gasteiger partial charge in [0.1, 0.15) is 10.7 Å². The highest BCUT2D eigenvalue weighted by Crippen LogP contribution is 2.29. The van der Waals surface area contributed by atoms with E-state index >= 15 is 0 Å². The molecule has 1 aromatic rings. The van der Waals surface area contributed by atoms with Crippen LogP contribution in [0.2, 0.25) is 0 Å². The van der Waals surface area contributed by atoms with Crippen LogP contribution in [0.4, 0.5) is 5.82 Å². The van der Waals surface area contributed by atoms with Gasteiger partial charge in [-0.25, -0.2) is 13.4 Å². The first-order valence-electron chi connectivity index (χ1n) is 9.86. The fourth-order valence-electron chi connectivity index (χ4n) is 3.91. The molecule has 6 nitrogen and oxygen atoms in total. The van der Waals surface area contributed by atoms with Crippen molar-refractivity contribution in [2.24, 2.45) is 5.92 Å². The number of pyridine rings is 1. The SMILES string of the molecule is CC(CCC1CCCC1)Nc1ccc(S(=O)(=O)N2CCN(C)CC2)cn1. The molecular weight excluding hydrogens is 348 g/mol. The van der Waals surface area contributed by atoms with Crippen molar-refractivity contribution < 1.29 is 8.42 Å². The molecule has 1 aromatic heterocycles. The fourth-order valence-corrected chi connectivity index (χ4v) is 5.27. The summed E-state index contributed by atoms with van der Waals surface area (Å²) in [6, 6.07) is 3.81. The van der Waals surface area contributed by atoms with Crippen LogP contribution >= 0.6 is 0 Å². The molecule has 0 bridgehead atoms. The third-order valence-electron chi connectivity index (χ3n) is 5.71. The second-order valence-corrected chi connectivity index (χ2v) is 9.80. The van der Waals surface area contributed by atoms with E-state index in [4.69, 9.17) is 0 Å². The van der Waals surface area contributed by atoms with Crippen LogP contribution in [-0.2, 0) is 10.0 Å². The van der Waals surface area contributed by atoms with E-state index in [1.165, 1.54) is 38.3 Å². The van der Waals surface area contributed by atoms with Crippen molar-refractivity contribution in [3.05, 3.63) is 18.3 Å².